The predicted octanol–water partition coefficient (Wildman–Crippen LogP) is 3.11. The van der Waals surface area contributed by atoms with Crippen molar-refractivity contribution in [3.05, 3.63) is 185 Å². The maximum absolute atomic E-state index is 12.4. The summed E-state index contributed by atoms with van der Waals surface area (Å²) >= 11 is 20.9. The van der Waals surface area contributed by atoms with Crippen LogP contribution in [0.2, 0.25) is 0 Å². The van der Waals surface area contributed by atoms with Crippen LogP contribution in [0.1, 0.15) is 43.0 Å². The zero-order valence-electron chi connectivity index (χ0n) is 48.2. The second-order valence-corrected chi connectivity index (χ2v) is 24.6. The molecular formula is C47H41N20O19S8+. The van der Waals surface area contributed by atoms with Crippen LogP contribution in [0.25, 0.3) is 65.3 Å². The van der Waals surface area contributed by atoms with E-state index in [1.807, 2.05) is 12.5 Å². The highest BCUT2D eigenvalue weighted by Crippen LogP contribution is 2.39. The van der Waals surface area contributed by atoms with Gasteiger partial charge in [0.2, 0.25) is 0 Å². The number of rotatable bonds is 9. The average molecular weight is 1450 g/mol. The summed E-state index contributed by atoms with van der Waals surface area (Å²) in [6, 6.07) is 4.52. The van der Waals surface area contributed by atoms with E-state index < -0.39 is 87.3 Å². The smallest absolute Gasteiger partial charge is 0.338 e. The number of amides is 1. The minimum Gasteiger partial charge on any atom is -0.478 e. The van der Waals surface area contributed by atoms with Crippen molar-refractivity contribution in [1.82, 2.24) is 76.5 Å². The normalized spacial score (nSPS) is 10.6. The van der Waals surface area contributed by atoms with Crippen molar-refractivity contribution >= 4 is 182 Å². The molecule has 0 saturated carbocycles. The number of nitrogens with one attached hydrogen (secondary N) is 12. The number of fused-ring (bicyclic) bond motifs is 4. The number of nitrogens with zero attached hydrogens (tertiary/aromatic N) is 7. The minimum atomic E-state index is -1.44. The number of nitro benzene ring substituents is 4. The number of H-pyrrole nitrogens is 9. The Morgan fingerprint density at radius 3 is 1.20 bits per heavy atom. The van der Waals surface area contributed by atoms with Crippen LogP contribution >= 0.6 is 94.6 Å². The standard InChI is InChI=1S/C12H11N5O5S2.C12H9N5O4S2.C11H7N5O4S2.C10H7N3O6.C2H6N2S2/c1-4-6(17(21)22)3-5-8(14-11(20)10(19)13-5)7(4)9(18)15-16-12(23)24-2;1-4-6(17(20)21)3-5-8(14-10(19)9(18)13-5)7(4)11-15-16-12(22-2)23-11;1-3-5(16(19)20)2-4-7(13-9(18)8(17)12-4)6(3)10-14-15-11(21)22-10;1-3-5(13(18)19)2-4-7(6(3)10(16)17)12-9(15)8(14)11-4;1-6-2(5)4-3/h3H,1-2H3,(H,13,19)(H,14,20)(H,15,18)(H,16,23);3H,1-2H3,(H,13,18)(H,14,19);2H,1H3,(H,12,17)(H,13,18)(H,15,21);2H,1H3,(H,11,14)(H,12,15)(H,16,17);3H2,1H3,(H,4,5)/p+1. The number of benzene rings is 4. The fourth-order valence-electron chi connectivity index (χ4n) is 8.25. The molecule has 0 aliphatic rings. The van der Waals surface area contributed by atoms with E-state index in [4.69, 9.17) is 29.5 Å². The molecule has 0 aliphatic carbocycles. The van der Waals surface area contributed by atoms with Gasteiger partial charge < -0.3 is 45.0 Å². The van der Waals surface area contributed by atoms with Crippen LogP contribution in [0, 0.1) is 72.1 Å². The number of carboxylic acid groups (broad SMARTS) is 1. The van der Waals surface area contributed by atoms with Gasteiger partial charge in [-0.2, -0.15) is 5.10 Å². The first-order chi connectivity index (χ1) is 44.2. The first-order valence-corrected chi connectivity index (χ1v) is 31.4. The number of aromatic amines is 9. The molecule has 0 fully saturated rings. The molecule has 16 N–H and O–H groups in total. The van der Waals surface area contributed by atoms with Crippen molar-refractivity contribution in [2.75, 3.05) is 18.8 Å². The summed E-state index contributed by atoms with van der Waals surface area (Å²) in [6.07, 6.45) is 5.43. The zero-order chi connectivity index (χ0) is 70.1. The van der Waals surface area contributed by atoms with Gasteiger partial charge >= 0.3 is 50.4 Å². The molecular weight excluding hydrogens is 1410 g/mol. The summed E-state index contributed by atoms with van der Waals surface area (Å²) in [5, 5.41) is 69.0. The van der Waals surface area contributed by atoms with Gasteiger partial charge in [0, 0.05) is 57.6 Å². The second-order valence-electron chi connectivity index (χ2n) is 18.0. The first kappa shape index (κ1) is 72.4. The maximum Gasteiger partial charge on any atom is 0.338 e. The number of hydrogen-bond acceptors (Lipinski definition) is 29. The highest BCUT2D eigenvalue weighted by molar-refractivity contribution is 8.22. The predicted molar refractivity (Wildman–Crippen MR) is 359 cm³/mol. The molecule has 0 spiro atoms. The Morgan fingerprint density at radius 1 is 0.521 bits per heavy atom. The molecule has 0 bridgehead atoms. The second kappa shape index (κ2) is 30.6. The fraction of sp³-hybridized carbons (Fsp3) is 0.149. The van der Waals surface area contributed by atoms with E-state index in [2.05, 4.69) is 94.6 Å². The third kappa shape index (κ3) is 16.1. The summed E-state index contributed by atoms with van der Waals surface area (Å²) in [7, 11) is 0. The SMILES string of the molecule is CSC(=S)NNC(=O)c1c(C)c([N+](=O)[O-])cc2[nH]c(=O)c(=O)[nH]c12.CSC(=S)N[NH3+].CSc1nnc(-c2c(C)c([N+](=O)[O-])cc3[nH]c(=O)c(=O)[nH]c23)s1.Cc1c([N+](=O)[O-])cc2[nH]c(=O)c(=O)[nH]c2c1-c1n[nH]c(=S)s1.Cc1c([N+](=O)[O-])cc2[nH]c(=O)c(=O)[nH]c2c1C(=O)O. The molecule has 47 heteroatoms. The van der Waals surface area contributed by atoms with Gasteiger partial charge in [0.1, 0.15) is 5.01 Å². The van der Waals surface area contributed by atoms with Crippen molar-refractivity contribution < 1.29 is 40.2 Å². The van der Waals surface area contributed by atoms with Gasteiger partial charge in [0.25, 0.3) is 28.7 Å². The minimum absolute atomic E-state index is 0.0166. The lowest BCUT2D eigenvalue weighted by Gasteiger charge is -2.12. The molecule has 10 aromatic rings. The molecule has 1 amide bonds. The quantitative estimate of drug-likeness (QED) is 0.0324. The topological polar surface area (TPSA) is 608 Å². The zero-order valence-corrected chi connectivity index (χ0v) is 54.7. The Bertz CT molecular complexity index is 5410. The Hall–Kier alpha value is -10.7. The van der Waals surface area contributed by atoms with Gasteiger partial charge in [-0.3, -0.25) is 105 Å². The molecule has 0 aliphatic heterocycles. The van der Waals surface area contributed by atoms with Crippen LogP contribution in [0.15, 0.2) is 67.0 Å². The lowest BCUT2D eigenvalue weighted by molar-refractivity contribution is -0.417. The van der Waals surface area contributed by atoms with Gasteiger partial charge in [-0.05, 0) is 70.9 Å². The number of nitro groups is 4. The largest absolute Gasteiger partial charge is 0.478 e. The van der Waals surface area contributed by atoms with Crippen molar-refractivity contribution in [2.45, 2.75) is 32.0 Å². The summed E-state index contributed by atoms with van der Waals surface area (Å²) < 4.78 is 2.08. The Labute approximate surface area is 552 Å². The molecule has 0 radical (unpaired) electrons. The molecule has 6 heterocycles. The van der Waals surface area contributed by atoms with E-state index in [-0.39, 0.29) is 76.7 Å². The van der Waals surface area contributed by atoms with Crippen molar-refractivity contribution in [1.29, 1.82) is 0 Å². The maximum atomic E-state index is 12.4. The van der Waals surface area contributed by atoms with Gasteiger partial charge in [0.15, 0.2) is 21.9 Å². The van der Waals surface area contributed by atoms with Gasteiger partial charge in [-0.15, -0.1) is 10.2 Å². The van der Waals surface area contributed by atoms with Gasteiger partial charge in [-0.1, -0.05) is 70.2 Å². The molecule has 94 heavy (non-hydrogen) atoms. The number of carboxylic acids is 1. The molecule has 490 valence electrons. The number of thiocarbonyl (C=S) groups is 2. The van der Waals surface area contributed by atoms with Crippen molar-refractivity contribution in [3.63, 3.8) is 0 Å². The Balaban J connectivity index is 0.000000193. The number of hydrogen-bond donors (Lipinski definition) is 14. The summed E-state index contributed by atoms with van der Waals surface area (Å²) in [4.78, 5) is 175. The van der Waals surface area contributed by atoms with E-state index in [9.17, 15) is 88.4 Å². The number of thioether (sulfide) groups is 3. The summed E-state index contributed by atoms with van der Waals surface area (Å²) in [5.41, 5.74) is 0.0408. The van der Waals surface area contributed by atoms with Crippen molar-refractivity contribution in [3.8, 4) is 21.1 Å². The summed E-state index contributed by atoms with van der Waals surface area (Å²) in [6.45, 7) is 5.73. The number of aromatic carboxylic acids is 1. The third-order valence-electron chi connectivity index (χ3n) is 12.5. The van der Waals surface area contributed by atoms with E-state index in [1.165, 1.54) is 72.6 Å². The number of carbonyl (C=O) groups excluding carboxylic acids is 1. The van der Waals surface area contributed by atoms with Gasteiger partial charge in [0.05, 0.1) is 75.0 Å². The van der Waals surface area contributed by atoms with Crippen LogP contribution in [0.3, 0.4) is 0 Å². The highest BCUT2D eigenvalue weighted by atomic mass is 32.2. The van der Waals surface area contributed by atoms with Crippen LogP contribution < -0.4 is 66.6 Å². The van der Waals surface area contributed by atoms with Crippen molar-refractivity contribution in [2.24, 2.45) is 0 Å². The van der Waals surface area contributed by atoms with Crippen LogP contribution in [-0.2, 0) is 0 Å². The highest BCUT2D eigenvalue weighted by Gasteiger charge is 2.28. The average Bonchev–Trinajstić information content (AvgIpc) is 1.15. The van der Waals surface area contributed by atoms with Crippen LogP contribution in [0.4, 0.5) is 22.7 Å². The van der Waals surface area contributed by atoms with E-state index in [1.54, 1.807) is 20.1 Å². The number of hydrazine groups is 1. The molecule has 0 unspecified atom stereocenters. The Morgan fingerprint density at radius 2 is 0.872 bits per heavy atom. The third-order valence-corrected chi connectivity index (χ3v) is 17.7. The Kier molecular flexibility index (Phi) is 23.6. The first-order valence-electron chi connectivity index (χ1n) is 24.9. The molecule has 6 aromatic heterocycles. The van der Waals surface area contributed by atoms with Crippen LogP contribution in [-0.4, -0.2) is 124 Å². The molecule has 0 atom stereocenters. The number of aromatic nitrogens is 12. The molecule has 4 aromatic carbocycles. The number of carbonyl (C=O) groups is 2. The lowest BCUT2D eigenvalue weighted by atomic mass is 10.0. The molecule has 10 rings (SSSR count). The monoisotopic (exact) mass is 1450 g/mol. The van der Waals surface area contributed by atoms with E-state index in [0.717, 1.165) is 27.8 Å². The summed E-state index contributed by atoms with van der Waals surface area (Å²) in [5.74, 6) is 1.16. The fourth-order valence-corrected chi connectivity index (χ4v) is 11.0. The van der Waals surface area contributed by atoms with E-state index >= 15 is 0 Å². The van der Waals surface area contributed by atoms with Gasteiger partial charge in [-0.25, -0.2) is 10.2 Å². The number of quaternary nitrogens is 1. The lowest BCUT2D eigenvalue weighted by Crippen LogP contribution is -2.66. The molecule has 39 nitrogen and oxygen atoms in total. The van der Waals surface area contributed by atoms with E-state index in [0.29, 0.717) is 46.1 Å². The molecule has 0 saturated heterocycles. The van der Waals surface area contributed by atoms with Crippen LogP contribution in [0.5, 0.6) is 0 Å².